The molecule has 0 radical (unpaired) electrons. The van der Waals surface area contributed by atoms with Crippen molar-refractivity contribution in [3.63, 3.8) is 0 Å². The molecule has 2 atom stereocenters. The summed E-state index contributed by atoms with van der Waals surface area (Å²) in [6.07, 6.45) is 5.31. The van der Waals surface area contributed by atoms with E-state index in [0.717, 1.165) is 12.8 Å². The molecule has 2 bridgehead atoms. The van der Waals surface area contributed by atoms with E-state index in [1.807, 2.05) is 6.07 Å². The lowest BCUT2D eigenvalue weighted by Crippen LogP contribution is -2.48. The monoisotopic (exact) mass is 243 g/mol. The van der Waals surface area contributed by atoms with Crippen LogP contribution in [0, 0.1) is 11.3 Å². The van der Waals surface area contributed by atoms with Gasteiger partial charge >= 0.3 is 0 Å². The average molecular weight is 243 g/mol. The predicted molar refractivity (Wildman–Crippen MR) is 66.7 cm³/mol. The number of nitrogens with zero attached hydrogens (tertiary/aromatic N) is 3. The summed E-state index contributed by atoms with van der Waals surface area (Å²) in [5.74, 6) is 0. The van der Waals surface area contributed by atoms with E-state index in [-0.39, 0.29) is 0 Å². The van der Waals surface area contributed by atoms with Crippen LogP contribution in [0.4, 0.5) is 0 Å². The zero-order valence-corrected chi connectivity index (χ0v) is 10.5. The fraction of sp³-hybridized carbons (Fsp3) is 0.571. The zero-order valence-electron chi connectivity index (χ0n) is 10.5. The zero-order chi connectivity index (χ0) is 12.8. The Kier molecular flexibility index (Phi) is 2.61. The van der Waals surface area contributed by atoms with E-state index in [1.165, 1.54) is 0 Å². The third-order valence-electron chi connectivity index (χ3n) is 4.55. The minimum atomic E-state index is -0.877. The molecule has 3 heterocycles. The first-order chi connectivity index (χ1) is 8.64. The Morgan fingerprint density at radius 2 is 2.11 bits per heavy atom. The topological polar surface area (TPSA) is 60.1 Å². The molecule has 2 fully saturated rings. The second kappa shape index (κ2) is 4.04. The van der Waals surface area contributed by atoms with E-state index in [0.29, 0.717) is 36.2 Å². The van der Waals surface area contributed by atoms with Crippen LogP contribution in [0.15, 0.2) is 18.3 Å². The van der Waals surface area contributed by atoms with Crippen molar-refractivity contribution in [1.82, 2.24) is 9.88 Å². The van der Waals surface area contributed by atoms with Crippen LogP contribution in [-0.2, 0) is 5.60 Å². The van der Waals surface area contributed by atoms with Gasteiger partial charge in [0, 0.05) is 23.8 Å². The van der Waals surface area contributed by atoms with Gasteiger partial charge < -0.3 is 10.0 Å². The smallest absolute Gasteiger partial charge is 0.146 e. The molecule has 2 aliphatic rings. The first-order valence-electron chi connectivity index (χ1n) is 6.44. The molecule has 0 aromatic carbocycles. The van der Waals surface area contributed by atoms with Crippen molar-refractivity contribution < 1.29 is 5.11 Å². The average Bonchev–Trinajstić information content (AvgIpc) is 2.63. The lowest BCUT2D eigenvalue weighted by Gasteiger charge is -2.42. The van der Waals surface area contributed by atoms with Gasteiger partial charge in [-0.15, -0.1) is 0 Å². The summed E-state index contributed by atoms with van der Waals surface area (Å²) in [5, 5.41) is 20.1. The van der Waals surface area contributed by atoms with Gasteiger partial charge in [-0.3, -0.25) is 0 Å². The van der Waals surface area contributed by atoms with E-state index in [2.05, 4.69) is 23.0 Å². The van der Waals surface area contributed by atoms with Gasteiger partial charge in [-0.2, -0.15) is 5.26 Å². The molecule has 4 heteroatoms. The van der Waals surface area contributed by atoms with Crippen molar-refractivity contribution in [1.29, 1.82) is 5.26 Å². The van der Waals surface area contributed by atoms with Crippen LogP contribution in [0.1, 0.15) is 36.9 Å². The van der Waals surface area contributed by atoms with Gasteiger partial charge in [0.25, 0.3) is 0 Å². The number of rotatable bonds is 1. The SMILES string of the molecule is CN1C2CCC1CC(O)(c1cccnc1C#N)C2. The molecule has 0 saturated carbocycles. The van der Waals surface area contributed by atoms with Crippen LogP contribution in [0.2, 0.25) is 0 Å². The molecule has 1 aromatic heterocycles. The highest BCUT2D eigenvalue weighted by Gasteiger charge is 2.47. The van der Waals surface area contributed by atoms with Crippen molar-refractivity contribution in [2.45, 2.75) is 43.4 Å². The maximum atomic E-state index is 10.9. The molecule has 4 nitrogen and oxygen atoms in total. The van der Waals surface area contributed by atoms with Gasteiger partial charge in [0.1, 0.15) is 11.8 Å². The van der Waals surface area contributed by atoms with Crippen molar-refractivity contribution in [2.75, 3.05) is 7.05 Å². The first kappa shape index (κ1) is 11.6. The minimum absolute atomic E-state index is 0.365. The molecule has 3 rings (SSSR count). The Morgan fingerprint density at radius 1 is 1.44 bits per heavy atom. The minimum Gasteiger partial charge on any atom is -0.385 e. The van der Waals surface area contributed by atoms with E-state index in [1.54, 1.807) is 12.3 Å². The highest BCUT2D eigenvalue weighted by atomic mass is 16.3. The van der Waals surface area contributed by atoms with Crippen LogP contribution in [0.3, 0.4) is 0 Å². The van der Waals surface area contributed by atoms with Crippen molar-refractivity contribution >= 4 is 0 Å². The standard InChI is InChI=1S/C14H17N3O/c1-17-10-4-5-11(17)8-14(18,7-10)12-3-2-6-16-13(12)9-15/h2-3,6,10-11,18H,4-5,7-8H2,1H3. The Morgan fingerprint density at radius 3 is 2.72 bits per heavy atom. The molecule has 2 unspecified atom stereocenters. The maximum Gasteiger partial charge on any atom is 0.146 e. The molecule has 94 valence electrons. The number of aliphatic hydroxyl groups is 1. The number of fused-ring (bicyclic) bond motifs is 2. The van der Waals surface area contributed by atoms with Crippen LogP contribution in [-0.4, -0.2) is 34.1 Å². The van der Waals surface area contributed by atoms with Gasteiger partial charge in [-0.25, -0.2) is 4.98 Å². The molecule has 2 aliphatic heterocycles. The summed E-state index contributed by atoms with van der Waals surface area (Å²) in [5.41, 5.74) is 0.193. The third-order valence-corrected chi connectivity index (χ3v) is 4.55. The maximum absolute atomic E-state index is 10.9. The van der Waals surface area contributed by atoms with Gasteiger partial charge in [-0.05, 0) is 38.8 Å². The molecule has 0 amide bonds. The number of aromatic nitrogens is 1. The number of hydrogen-bond acceptors (Lipinski definition) is 4. The molecule has 1 N–H and O–H groups in total. The van der Waals surface area contributed by atoms with Gasteiger partial charge in [-0.1, -0.05) is 6.07 Å². The quantitative estimate of drug-likeness (QED) is 0.810. The van der Waals surface area contributed by atoms with Gasteiger partial charge in [0.15, 0.2) is 0 Å². The van der Waals surface area contributed by atoms with Gasteiger partial charge in [0.05, 0.1) is 5.60 Å². The van der Waals surface area contributed by atoms with E-state index < -0.39 is 5.60 Å². The summed E-state index contributed by atoms with van der Waals surface area (Å²) in [6, 6.07) is 6.60. The summed E-state index contributed by atoms with van der Waals surface area (Å²) in [7, 11) is 2.14. The van der Waals surface area contributed by atoms with Crippen LogP contribution >= 0.6 is 0 Å². The van der Waals surface area contributed by atoms with Crippen molar-refractivity contribution in [2.24, 2.45) is 0 Å². The Hall–Kier alpha value is -1.44. The molecule has 18 heavy (non-hydrogen) atoms. The number of hydrogen-bond donors (Lipinski definition) is 1. The molecule has 0 aliphatic carbocycles. The second-order valence-corrected chi connectivity index (χ2v) is 5.50. The predicted octanol–water partition coefficient (Wildman–Crippen LogP) is 1.40. The first-order valence-corrected chi connectivity index (χ1v) is 6.44. The largest absolute Gasteiger partial charge is 0.385 e. The van der Waals surface area contributed by atoms with E-state index >= 15 is 0 Å². The van der Waals surface area contributed by atoms with Crippen LogP contribution in [0.25, 0.3) is 0 Å². The molecular weight excluding hydrogens is 226 g/mol. The van der Waals surface area contributed by atoms with E-state index in [4.69, 9.17) is 5.26 Å². The highest BCUT2D eigenvalue weighted by molar-refractivity contribution is 5.36. The normalized spacial score (nSPS) is 35.4. The Balaban J connectivity index is 1.99. The lowest BCUT2D eigenvalue weighted by molar-refractivity contribution is -0.0497. The van der Waals surface area contributed by atoms with Crippen LogP contribution < -0.4 is 0 Å². The van der Waals surface area contributed by atoms with Gasteiger partial charge in [0.2, 0.25) is 0 Å². The summed E-state index contributed by atoms with van der Waals surface area (Å²) >= 11 is 0. The second-order valence-electron chi connectivity index (χ2n) is 5.50. The molecule has 0 spiro atoms. The summed E-state index contributed by atoms with van der Waals surface area (Å²) in [4.78, 5) is 6.44. The highest BCUT2D eigenvalue weighted by Crippen LogP contribution is 2.45. The summed E-state index contributed by atoms with van der Waals surface area (Å²) < 4.78 is 0. The number of pyridine rings is 1. The molecular formula is C14H17N3O. The molecule has 1 aromatic rings. The van der Waals surface area contributed by atoms with Crippen molar-refractivity contribution in [3.8, 4) is 6.07 Å². The Bertz CT molecular complexity index is 494. The van der Waals surface area contributed by atoms with Crippen LogP contribution in [0.5, 0.6) is 0 Å². The Labute approximate surface area is 107 Å². The third kappa shape index (κ3) is 1.63. The fourth-order valence-corrected chi connectivity index (χ4v) is 3.54. The fourth-order valence-electron chi connectivity index (χ4n) is 3.54. The number of piperidine rings is 1. The van der Waals surface area contributed by atoms with Crippen molar-refractivity contribution in [3.05, 3.63) is 29.6 Å². The molecule has 2 saturated heterocycles. The lowest BCUT2D eigenvalue weighted by atomic mass is 9.80. The summed E-state index contributed by atoms with van der Waals surface area (Å²) in [6.45, 7) is 0. The number of nitriles is 1. The van der Waals surface area contributed by atoms with E-state index in [9.17, 15) is 5.11 Å².